The van der Waals surface area contributed by atoms with Gasteiger partial charge in [0.15, 0.2) is 0 Å². The second-order valence-corrected chi connectivity index (χ2v) is 8.34. The Morgan fingerprint density at radius 1 is 1.24 bits per heavy atom. The van der Waals surface area contributed by atoms with Gasteiger partial charge in [0.2, 0.25) is 11.0 Å². The van der Waals surface area contributed by atoms with E-state index in [0.717, 1.165) is 22.9 Å². The molecule has 1 saturated carbocycles. The molecule has 4 nitrogen and oxygen atoms in total. The number of amides is 1. The maximum atomic E-state index is 12.8. The monoisotopic (exact) mass is 377 g/mol. The number of anilines is 1. The number of rotatable bonds is 6. The zero-order valence-electron chi connectivity index (χ0n) is 14.7. The lowest BCUT2D eigenvalue weighted by Crippen LogP contribution is -2.37. The van der Waals surface area contributed by atoms with Crippen molar-refractivity contribution in [3.05, 3.63) is 29.3 Å². The molecule has 1 aromatic heterocycles. The third-order valence-electron chi connectivity index (χ3n) is 4.74. The molecule has 3 rings (SSSR count). The van der Waals surface area contributed by atoms with Crippen LogP contribution >= 0.6 is 22.9 Å². The normalized spacial score (nSPS) is 15.0. The quantitative estimate of drug-likeness (QED) is 0.661. The van der Waals surface area contributed by atoms with Gasteiger partial charge in [-0.3, -0.25) is 9.69 Å². The Labute approximate surface area is 158 Å². The van der Waals surface area contributed by atoms with E-state index < -0.39 is 0 Å². The van der Waals surface area contributed by atoms with Crippen LogP contribution in [0.3, 0.4) is 0 Å². The molecule has 0 saturated heterocycles. The molecule has 134 valence electrons. The third-order valence-corrected chi connectivity index (χ3v) is 5.96. The van der Waals surface area contributed by atoms with Crippen LogP contribution in [0.25, 0.3) is 10.6 Å². The van der Waals surface area contributed by atoms with Gasteiger partial charge in [0, 0.05) is 23.0 Å². The van der Waals surface area contributed by atoms with Crippen molar-refractivity contribution in [1.82, 2.24) is 10.2 Å². The van der Waals surface area contributed by atoms with Crippen molar-refractivity contribution >= 4 is 34.0 Å². The van der Waals surface area contributed by atoms with Crippen LogP contribution in [-0.4, -0.2) is 22.1 Å². The predicted octanol–water partition coefficient (Wildman–Crippen LogP) is 5.57. The van der Waals surface area contributed by atoms with Crippen LogP contribution in [0.1, 0.15) is 52.4 Å². The van der Waals surface area contributed by atoms with Crippen molar-refractivity contribution in [2.45, 2.75) is 58.4 Å². The van der Waals surface area contributed by atoms with E-state index in [2.05, 4.69) is 10.2 Å². The van der Waals surface area contributed by atoms with Gasteiger partial charge in [-0.25, -0.2) is 0 Å². The highest BCUT2D eigenvalue weighted by Gasteiger charge is 2.25. The first kappa shape index (κ1) is 18.3. The van der Waals surface area contributed by atoms with Crippen LogP contribution in [0.5, 0.6) is 0 Å². The summed E-state index contributed by atoms with van der Waals surface area (Å²) < 4.78 is 0. The maximum absolute atomic E-state index is 12.8. The van der Waals surface area contributed by atoms with Gasteiger partial charge in [-0.2, -0.15) is 0 Å². The number of hydrogen-bond donors (Lipinski definition) is 0. The highest BCUT2D eigenvalue weighted by Crippen LogP contribution is 2.32. The van der Waals surface area contributed by atoms with Gasteiger partial charge >= 0.3 is 0 Å². The summed E-state index contributed by atoms with van der Waals surface area (Å²) in [5.74, 6) is 0.873. The molecule has 0 atom stereocenters. The van der Waals surface area contributed by atoms with Crippen molar-refractivity contribution < 1.29 is 4.79 Å². The largest absolute Gasteiger partial charge is 0.284 e. The minimum Gasteiger partial charge on any atom is -0.284 e. The first-order chi connectivity index (χ1) is 12.0. The van der Waals surface area contributed by atoms with E-state index >= 15 is 0 Å². The minimum absolute atomic E-state index is 0.0714. The van der Waals surface area contributed by atoms with Gasteiger partial charge in [-0.15, -0.1) is 10.2 Å². The third kappa shape index (κ3) is 4.59. The number of carbonyl (C=O) groups is 1. The summed E-state index contributed by atoms with van der Waals surface area (Å²) in [5.41, 5.74) is 0.968. The van der Waals surface area contributed by atoms with Crippen LogP contribution in [0.2, 0.25) is 5.02 Å². The van der Waals surface area contributed by atoms with Gasteiger partial charge in [-0.1, -0.05) is 60.8 Å². The standard InChI is InChI=1S/C19H24ClN3OS/c1-13(2)23(17(24)12-7-14-5-3-4-6-14)19-22-21-18(25-19)15-8-10-16(20)11-9-15/h8-11,13-14H,3-7,12H2,1-2H3. The first-order valence-electron chi connectivity index (χ1n) is 8.96. The molecule has 0 radical (unpaired) electrons. The van der Waals surface area contributed by atoms with Gasteiger partial charge in [0.25, 0.3) is 0 Å². The van der Waals surface area contributed by atoms with Crippen molar-refractivity contribution in [3.8, 4) is 10.6 Å². The fraction of sp³-hybridized carbons (Fsp3) is 0.526. The second kappa shape index (κ2) is 8.28. The molecular formula is C19H24ClN3OS. The SMILES string of the molecule is CC(C)N(C(=O)CCC1CCCC1)c1nnc(-c2ccc(Cl)cc2)s1. The Kier molecular flexibility index (Phi) is 6.07. The Bertz CT molecular complexity index is 708. The van der Waals surface area contributed by atoms with E-state index in [-0.39, 0.29) is 11.9 Å². The van der Waals surface area contributed by atoms with Gasteiger partial charge in [0.1, 0.15) is 5.01 Å². The zero-order chi connectivity index (χ0) is 17.8. The Morgan fingerprint density at radius 3 is 2.56 bits per heavy atom. The Morgan fingerprint density at radius 2 is 1.92 bits per heavy atom. The molecule has 1 amide bonds. The molecule has 0 unspecified atom stereocenters. The highest BCUT2D eigenvalue weighted by molar-refractivity contribution is 7.18. The molecule has 6 heteroatoms. The number of halogens is 1. The van der Waals surface area contributed by atoms with Crippen LogP contribution in [0, 0.1) is 5.92 Å². The molecule has 1 fully saturated rings. The lowest BCUT2D eigenvalue weighted by molar-refractivity contribution is -0.119. The van der Waals surface area contributed by atoms with E-state index in [1.807, 2.05) is 38.1 Å². The highest BCUT2D eigenvalue weighted by atomic mass is 35.5. The summed E-state index contributed by atoms with van der Waals surface area (Å²) in [6.07, 6.45) is 6.76. The molecule has 0 bridgehead atoms. The Balaban J connectivity index is 1.71. The average Bonchev–Trinajstić information content (AvgIpc) is 3.25. The molecule has 1 aliphatic rings. The van der Waals surface area contributed by atoms with Crippen molar-refractivity contribution in [1.29, 1.82) is 0 Å². The van der Waals surface area contributed by atoms with Crippen LogP contribution < -0.4 is 4.90 Å². The second-order valence-electron chi connectivity index (χ2n) is 6.94. The Hall–Kier alpha value is -1.46. The van der Waals surface area contributed by atoms with Crippen molar-refractivity contribution in [2.24, 2.45) is 5.92 Å². The van der Waals surface area contributed by atoms with Gasteiger partial charge in [-0.05, 0) is 38.3 Å². The predicted molar refractivity (Wildman–Crippen MR) is 104 cm³/mol. The summed E-state index contributed by atoms with van der Waals surface area (Å²) in [5, 5.41) is 10.7. The molecule has 2 aromatic rings. The number of nitrogens with zero attached hydrogens (tertiary/aromatic N) is 3. The van der Waals surface area contributed by atoms with Crippen LogP contribution in [0.15, 0.2) is 24.3 Å². The molecule has 0 N–H and O–H groups in total. The van der Waals surface area contributed by atoms with E-state index in [1.165, 1.54) is 37.0 Å². The topological polar surface area (TPSA) is 46.1 Å². The van der Waals surface area contributed by atoms with E-state index in [9.17, 15) is 4.79 Å². The summed E-state index contributed by atoms with van der Waals surface area (Å²) in [6, 6.07) is 7.60. The summed E-state index contributed by atoms with van der Waals surface area (Å²) in [4.78, 5) is 14.6. The summed E-state index contributed by atoms with van der Waals surface area (Å²) >= 11 is 7.40. The fourth-order valence-electron chi connectivity index (χ4n) is 3.38. The molecule has 1 aliphatic carbocycles. The smallest absolute Gasteiger partial charge is 0.229 e. The molecule has 1 aromatic carbocycles. The molecule has 25 heavy (non-hydrogen) atoms. The van der Waals surface area contributed by atoms with Gasteiger partial charge in [0.05, 0.1) is 0 Å². The lowest BCUT2D eigenvalue weighted by atomic mass is 10.0. The summed E-state index contributed by atoms with van der Waals surface area (Å²) in [7, 11) is 0. The lowest BCUT2D eigenvalue weighted by Gasteiger charge is -2.24. The number of hydrogen-bond acceptors (Lipinski definition) is 4. The first-order valence-corrected chi connectivity index (χ1v) is 10.2. The fourth-order valence-corrected chi connectivity index (χ4v) is 4.51. The maximum Gasteiger partial charge on any atom is 0.229 e. The van der Waals surface area contributed by atoms with E-state index in [1.54, 1.807) is 4.90 Å². The molecule has 0 aliphatic heterocycles. The zero-order valence-corrected chi connectivity index (χ0v) is 16.3. The van der Waals surface area contributed by atoms with Crippen LogP contribution in [-0.2, 0) is 4.79 Å². The van der Waals surface area contributed by atoms with E-state index in [0.29, 0.717) is 16.6 Å². The number of carbonyl (C=O) groups excluding carboxylic acids is 1. The average molecular weight is 378 g/mol. The summed E-state index contributed by atoms with van der Waals surface area (Å²) in [6.45, 7) is 4.05. The van der Waals surface area contributed by atoms with E-state index in [4.69, 9.17) is 11.6 Å². The molecular weight excluding hydrogens is 354 g/mol. The van der Waals surface area contributed by atoms with Crippen molar-refractivity contribution in [2.75, 3.05) is 4.90 Å². The minimum atomic E-state index is 0.0714. The van der Waals surface area contributed by atoms with Gasteiger partial charge < -0.3 is 0 Å². The van der Waals surface area contributed by atoms with Crippen molar-refractivity contribution in [3.63, 3.8) is 0 Å². The molecule has 0 spiro atoms. The molecule has 1 heterocycles. The number of aromatic nitrogens is 2. The van der Waals surface area contributed by atoms with Crippen LogP contribution in [0.4, 0.5) is 5.13 Å². The number of benzene rings is 1.